The zero-order valence-electron chi connectivity index (χ0n) is 7.31. The van der Waals surface area contributed by atoms with E-state index in [1.807, 2.05) is 0 Å². The number of rotatable bonds is 4. The van der Waals surface area contributed by atoms with Crippen LogP contribution in [0.4, 0.5) is 0 Å². The van der Waals surface area contributed by atoms with Crippen LogP contribution in [0.3, 0.4) is 0 Å². The molecular weight excluding hydrogens is 190 g/mol. The largest absolute Gasteiger partial charge is 0.311 e. The van der Waals surface area contributed by atoms with Gasteiger partial charge in [0.2, 0.25) is 0 Å². The van der Waals surface area contributed by atoms with Gasteiger partial charge in [0.25, 0.3) is 0 Å². The van der Waals surface area contributed by atoms with Crippen molar-refractivity contribution in [2.45, 2.75) is 24.5 Å². The smallest absolute Gasteiger partial charge is 0.0307 e. The van der Waals surface area contributed by atoms with Gasteiger partial charge in [-0.3, -0.25) is 0 Å². The summed E-state index contributed by atoms with van der Waals surface area (Å²) in [6.45, 7) is 5.46. The minimum Gasteiger partial charge on any atom is -0.311 e. The normalized spacial score (nSPS) is 23.9. The average Bonchev–Trinajstić information content (AvgIpc) is 2.05. The van der Waals surface area contributed by atoms with E-state index in [1.54, 1.807) is 0 Å². The fourth-order valence-electron chi connectivity index (χ4n) is 1.34. The Morgan fingerprint density at radius 3 is 3.00 bits per heavy atom. The summed E-state index contributed by atoms with van der Waals surface area (Å²) >= 11 is 7.71. The van der Waals surface area contributed by atoms with Crippen LogP contribution in [0.1, 0.15) is 19.3 Å². The van der Waals surface area contributed by atoms with Gasteiger partial charge in [0, 0.05) is 23.4 Å². The Morgan fingerprint density at radius 2 is 2.42 bits per heavy atom. The van der Waals surface area contributed by atoms with Crippen LogP contribution in [-0.2, 0) is 0 Å². The molecule has 0 spiro atoms. The summed E-state index contributed by atoms with van der Waals surface area (Å²) in [4.78, 5) is 0. The molecule has 0 aromatic carbocycles. The van der Waals surface area contributed by atoms with Crippen LogP contribution in [0.2, 0.25) is 0 Å². The predicted molar refractivity (Wildman–Crippen MR) is 58.0 cm³/mol. The van der Waals surface area contributed by atoms with Gasteiger partial charge in [0.05, 0.1) is 0 Å². The van der Waals surface area contributed by atoms with Crippen LogP contribution < -0.4 is 5.32 Å². The lowest BCUT2D eigenvalue weighted by Crippen LogP contribution is -2.27. The number of hydrogen-bond acceptors (Lipinski definition) is 2. The number of thioether (sulfide) groups is 1. The topological polar surface area (TPSA) is 12.0 Å². The summed E-state index contributed by atoms with van der Waals surface area (Å²) in [5, 5.41) is 4.81. The van der Waals surface area contributed by atoms with Gasteiger partial charge in [0.1, 0.15) is 0 Å². The molecular formula is C9H16ClNS. The van der Waals surface area contributed by atoms with E-state index in [2.05, 4.69) is 23.7 Å². The molecule has 1 nitrogen and oxygen atoms in total. The molecule has 0 radical (unpaired) electrons. The molecule has 1 aliphatic rings. The third-order valence-electron chi connectivity index (χ3n) is 1.96. The van der Waals surface area contributed by atoms with Crippen molar-refractivity contribution in [2.24, 2.45) is 0 Å². The van der Waals surface area contributed by atoms with Crippen LogP contribution in [0.5, 0.6) is 0 Å². The molecule has 1 saturated heterocycles. The van der Waals surface area contributed by atoms with E-state index in [-0.39, 0.29) is 0 Å². The molecule has 1 atom stereocenters. The minimum absolute atomic E-state index is 0.704. The summed E-state index contributed by atoms with van der Waals surface area (Å²) in [5.74, 6) is 1.33. The second-order valence-corrected chi connectivity index (χ2v) is 5.08. The molecule has 1 aliphatic heterocycles. The maximum atomic E-state index is 5.63. The third kappa shape index (κ3) is 4.39. The van der Waals surface area contributed by atoms with Crippen molar-refractivity contribution in [1.29, 1.82) is 0 Å². The number of hydrogen-bond donors (Lipinski definition) is 1. The van der Waals surface area contributed by atoms with Gasteiger partial charge in [-0.25, -0.2) is 0 Å². The van der Waals surface area contributed by atoms with Gasteiger partial charge in [0.15, 0.2) is 0 Å². The Labute approximate surface area is 83.9 Å². The van der Waals surface area contributed by atoms with E-state index in [0.717, 1.165) is 18.3 Å². The van der Waals surface area contributed by atoms with Gasteiger partial charge in [-0.05, 0) is 18.6 Å². The molecule has 70 valence electrons. The Morgan fingerprint density at radius 1 is 1.58 bits per heavy atom. The maximum Gasteiger partial charge on any atom is 0.0307 e. The first-order chi connectivity index (χ1) is 5.79. The van der Waals surface area contributed by atoms with Crippen LogP contribution in [0.15, 0.2) is 11.6 Å². The molecule has 0 aliphatic carbocycles. The standard InChI is InChI=1S/C9H16ClNS/c1-8(10)6-11-7-9-4-2-3-5-12-9/h9,11H,1-7H2. The Balaban J connectivity index is 2.01. The fourth-order valence-corrected chi connectivity index (χ4v) is 2.70. The summed E-state index contributed by atoms with van der Waals surface area (Å²) in [7, 11) is 0. The van der Waals surface area contributed by atoms with Gasteiger partial charge in [-0.15, -0.1) is 0 Å². The molecule has 1 fully saturated rings. The summed E-state index contributed by atoms with van der Waals surface area (Å²) in [5.41, 5.74) is 0. The summed E-state index contributed by atoms with van der Waals surface area (Å²) in [6, 6.07) is 0. The first-order valence-electron chi connectivity index (χ1n) is 4.44. The van der Waals surface area contributed by atoms with Crippen molar-refractivity contribution >= 4 is 23.4 Å². The van der Waals surface area contributed by atoms with Gasteiger partial charge >= 0.3 is 0 Å². The van der Waals surface area contributed by atoms with Crippen molar-refractivity contribution in [3.05, 3.63) is 11.6 Å². The monoisotopic (exact) mass is 205 g/mol. The molecule has 1 unspecified atom stereocenters. The van der Waals surface area contributed by atoms with Crippen LogP contribution in [0, 0.1) is 0 Å². The molecule has 12 heavy (non-hydrogen) atoms. The van der Waals surface area contributed by atoms with Crippen molar-refractivity contribution < 1.29 is 0 Å². The minimum atomic E-state index is 0.704. The van der Waals surface area contributed by atoms with Crippen molar-refractivity contribution in [3.8, 4) is 0 Å². The van der Waals surface area contributed by atoms with Gasteiger partial charge in [-0.2, -0.15) is 11.8 Å². The second-order valence-electron chi connectivity index (χ2n) is 3.14. The van der Waals surface area contributed by atoms with E-state index in [1.165, 1.54) is 25.0 Å². The van der Waals surface area contributed by atoms with E-state index in [9.17, 15) is 0 Å². The lowest BCUT2D eigenvalue weighted by atomic mass is 10.2. The molecule has 3 heteroatoms. The molecule has 1 N–H and O–H groups in total. The van der Waals surface area contributed by atoms with E-state index in [4.69, 9.17) is 11.6 Å². The summed E-state index contributed by atoms with van der Waals surface area (Å²) < 4.78 is 0. The molecule has 1 heterocycles. The Kier molecular flexibility index (Phi) is 5.12. The van der Waals surface area contributed by atoms with Gasteiger partial charge < -0.3 is 5.32 Å². The van der Waals surface area contributed by atoms with E-state index >= 15 is 0 Å². The van der Waals surface area contributed by atoms with Crippen molar-refractivity contribution in [2.75, 3.05) is 18.8 Å². The highest BCUT2D eigenvalue weighted by Gasteiger charge is 2.12. The van der Waals surface area contributed by atoms with Crippen LogP contribution in [0.25, 0.3) is 0 Å². The lowest BCUT2D eigenvalue weighted by molar-refractivity contribution is 0.617. The quantitative estimate of drug-likeness (QED) is 0.758. The Bertz CT molecular complexity index is 143. The lowest BCUT2D eigenvalue weighted by Gasteiger charge is -2.21. The predicted octanol–water partition coefficient (Wildman–Crippen LogP) is 2.61. The molecule has 1 rings (SSSR count). The Hall–Kier alpha value is 0.340. The first kappa shape index (κ1) is 10.4. The maximum absolute atomic E-state index is 5.63. The SMILES string of the molecule is C=C(Cl)CNCC1CCCCS1. The molecule has 0 aromatic rings. The van der Waals surface area contributed by atoms with Crippen molar-refractivity contribution in [1.82, 2.24) is 5.32 Å². The number of nitrogens with one attached hydrogen (secondary N) is 1. The zero-order chi connectivity index (χ0) is 8.81. The highest BCUT2D eigenvalue weighted by atomic mass is 35.5. The van der Waals surface area contributed by atoms with E-state index in [0.29, 0.717) is 5.03 Å². The second kappa shape index (κ2) is 5.90. The zero-order valence-corrected chi connectivity index (χ0v) is 8.89. The van der Waals surface area contributed by atoms with Crippen molar-refractivity contribution in [3.63, 3.8) is 0 Å². The number of halogens is 1. The molecule has 0 bridgehead atoms. The average molecular weight is 206 g/mol. The van der Waals surface area contributed by atoms with Crippen LogP contribution >= 0.6 is 23.4 Å². The van der Waals surface area contributed by atoms with Gasteiger partial charge in [-0.1, -0.05) is 24.6 Å². The van der Waals surface area contributed by atoms with Crippen LogP contribution in [-0.4, -0.2) is 24.1 Å². The summed E-state index contributed by atoms with van der Waals surface area (Å²) in [6.07, 6.45) is 4.14. The highest BCUT2D eigenvalue weighted by molar-refractivity contribution is 7.99. The fraction of sp³-hybridized carbons (Fsp3) is 0.778. The third-order valence-corrected chi connectivity index (χ3v) is 3.49. The molecule has 0 saturated carbocycles. The molecule has 0 aromatic heterocycles. The van der Waals surface area contributed by atoms with E-state index < -0.39 is 0 Å². The first-order valence-corrected chi connectivity index (χ1v) is 5.87. The highest BCUT2D eigenvalue weighted by Crippen LogP contribution is 2.24. The molecule has 0 amide bonds.